The molecular weight excluding hydrogens is 341 g/mol. The van der Waals surface area contributed by atoms with Crippen molar-refractivity contribution in [1.29, 1.82) is 0 Å². The van der Waals surface area contributed by atoms with Gasteiger partial charge in [0.05, 0.1) is 11.0 Å². The first-order valence-corrected chi connectivity index (χ1v) is 8.78. The van der Waals surface area contributed by atoms with E-state index in [1.165, 1.54) is 6.07 Å². The smallest absolute Gasteiger partial charge is 0.213 e. The fourth-order valence-corrected chi connectivity index (χ4v) is 3.19. The minimum atomic E-state index is -0.516. The van der Waals surface area contributed by atoms with Crippen molar-refractivity contribution in [2.24, 2.45) is 0 Å². The van der Waals surface area contributed by atoms with Crippen molar-refractivity contribution >= 4 is 11.0 Å². The maximum atomic E-state index is 13.7. The van der Waals surface area contributed by atoms with Gasteiger partial charge < -0.3 is 4.57 Å². The van der Waals surface area contributed by atoms with E-state index < -0.39 is 5.95 Å². The van der Waals surface area contributed by atoms with Gasteiger partial charge in [-0.3, -0.25) is 0 Å². The number of imidazole rings is 1. The summed E-state index contributed by atoms with van der Waals surface area (Å²) in [5.74, 6) is 0.864. The third-order valence-electron chi connectivity index (χ3n) is 4.38. The van der Waals surface area contributed by atoms with Gasteiger partial charge in [0.2, 0.25) is 5.95 Å². The van der Waals surface area contributed by atoms with Crippen molar-refractivity contribution in [3.05, 3.63) is 60.6 Å². The maximum absolute atomic E-state index is 13.7. The van der Waals surface area contributed by atoms with Crippen molar-refractivity contribution in [2.45, 2.75) is 33.2 Å². The van der Waals surface area contributed by atoms with E-state index in [2.05, 4.69) is 40.3 Å². The monoisotopic (exact) mass is 361 g/mol. The predicted molar refractivity (Wildman–Crippen MR) is 104 cm³/mol. The number of aromatic nitrogens is 5. The Balaban J connectivity index is 1.94. The molecule has 0 amide bonds. The van der Waals surface area contributed by atoms with Crippen molar-refractivity contribution < 1.29 is 4.39 Å². The minimum absolute atomic E-state index is 0.243. The molecular formula is C21H20FN5. The second-order valence-electron chi connectivity index (χ2n) is 7.51. The molecule has 0 aliphatic rings. The quantitative estimate of drug-likeness (QED) is 0.483. The molecule has 1 aromatic carbocycles. The molecule has 27 heavy (non-hydrogen) atoms. The van der Waals surface area contributed by atoms with Crippen LogP contribution in [-0.4, -0.2) is 24.5 Å². The zero-order chi connectivity index (χ0) is 19.2. The minimum Gasteiger partial charge on any atom is -0.317 e. The van der Waals surface area contributed by atoms with Gasteiger partial charge in [-0.2, -0.15) is 4.39 Å². The predicted octanol–water partition coefficient (Wildman–Crippen LogP) is 4.76. The Morgan fingerprint density at radius 3 is 2.33 bits per heavy atom. The van der Waals surface area contributed by atoms with Gasteiger partial charge in [-0.05, 0) is 57.5 Å². The molecule has 5 nitrogen and oxygen atoms in total. The molecule has 0 saturated carbocycles. The van der Waals surface area contributed by atoms with E-state index in [9.17, 15) is 4.39 Å². The molecule has 0 spiro atoms. The van der Waals surface area contributed by atoms with Crippen LogP contribution in [0.5, 0.6) is 0 Å². The first-order chi connectivity index (χ1) is 12.8. The lowest BCUT2D eigenvalue weighted by Crippen LogP contribution is -2.22. The van der Waals surface area contributed by atoms with Crippen LogP contribution >= 0.6 is 0 Å². The topological polar surface area (TPSA) is 56.5 Å². The molecule has 136 valence electrons. The number of rotatable bonds is 2. The van der Waals surface area contributed by atoms with E-state index in [0.717, 1.165) is 28.0 Å². The van der Waals surface area contributed by atoms with Crippen LogP contribution in [0.25, 0.3) is 33.7 Å². The molecule has 3 heterocycles. The highest BCUT2D eigenvalue weighted by molar-refractivity contribution is 5.85. The largest absolute Gasteiger partial charge is 0.317 e. The molecule has 0 atom stereocenters. The Morgan fingerprint density at radius 1 is 0.926 bits per heavy atom. The summed E-state index contributed by atoms with van der Waals surface area (Å²) in [5.41, 5.74) is 3.98. The highest BCUT2D eigenvalue weighted by Gasteiger charge is 2.23. The second kappa shape index (κ2) is 6.23. The summed E-state index contributed by atoms with van der Waals surface area (Å²) in [6, 6.07) is 10.8. The molecule has 4 aromatic rings. The number of nitrogens with zero attached hydrogens (tertiary/aromatic N) is 5. The lowest BCUT2D eigenvalue weighted by atomic mass is 10.1. The number of hydrogen-bond donors (Lipinski definition) is 0. The SMILES string of the molecule is Cc1ncc(-c2ccc3c(c2)nc(-c2cccc(F)n2)n3C(C)(C)C)cn1. The number of pyridine rings is 1. The Hall–Kier alpha value is -3.15. The van der Waals surface area contributed by atoms with Gasteiger partial charge in [0.1, 0.15) is 11.5 Å². The van der Waals surface area contributed by atoms with E-state index in [0.29, 0.717) is 11.5 Å². The molecule has 0 unspecified atom stereocenters. The van der Waals surface area contributed by atoms with Gasteiger partial charge in [0.25, 0.3) is 0 Å². The highest BCUT2D eigenvalue weighted by atomic mass is 19.1. The molecule has 4 rings (SSSR count). The lowest BCUT2D eigenvalue weighted by molar-refractivity contribution is 0.412. The molecule has 3 aromatic heterocycles. The van der Waals surface area contributed by atoms with Crippen LogP contribution in [0.15, 0.2) is 48.8 Å². The average Bonchev–Trinajstić information content (AvgIpc) is 3.01. The fourth-order valence-electron chi connectivity index (χ4n) is 3.19. The molecule has 0 radical (unpaired) electrons. The summed E-state index contributed by atoms with van der Waals surface area (Å²) in [4.78, 5) is 17.4. The third kappa shape index (κ3) is 3.18. The van der Waals surface area contributed by atoms with Crippen LogP contribution in [0.3, 0.4) is 0 Å². The summed E-state index contributed by atoms with van der Waals surface area (Å²) >= 11 is 0. The first kappa shape index (κ1) is 17.3. The van der Waals surface area contributed by atoms with E-state index in [4.69, 9.17) is 4.98 Å². The van der Waals surface area contributed by atoms with Crippen LogP contribution in [-0.2, 0) is 5.54 Å². The van der Waals surface area contributed by atoms with E-state index in [-0.39, 0.29) is 5.54 Å². The van der Waals surface area contributed by atoms with E-state index >= 15 is 0 Å². The van der Waals surface area contributed by atoms with E-state index in [1.807, 2.05) is 25.1 Å². The molecule has 0 N–H and O–H groups in total. The van der Waals surface area contributed by atoms with Gasteiger partial charge >= 0.3 is 0 Å². The Morgan fingerprint density at radius 2 is 1.67 bits per heavy atom. The fraction of sp³-hybridized carbons (Fsp3) is 0.238. The molecule has 0 aliphatic heterocycles. The van der Waals surface area contributed by atoms with Gasteiger partial charge in [-0.25, -0.2) is 19.9 Å². The summed E-state index contributed by atoms with van der Waals surface area (Å²) in [5, 5.41) is 0. The molecule has 0 aliphatic carbocycles. The van der Waals surface area contributed by atoms with Gasteiger partial charge in [0.15, 0.2) is 5.82 Å². The zero-order valence-electron chi connectivity index (χ0n) is 15.7. The molecule has 0 saturated heterocycles. The highest BCUT2D eigenvalue weighted by Crippen LogP contribution is 2.32. The second-order valence-corrected chi connectivity index (χ2v) is 7.51. The zero-order valence-corrected chi connectivity index (χ0v) is 15.7. The summed E-state index contributed by atoms with van der Waals surface area (Å²) < 4.78 is 15.8. The molecule has 6 heteroatoms. The first-order valence-electron chi connectivity index (χ1n) is 8.78. The number of fused-ring (bicyclic) bond motifs is 1. The molecule has 0 fully saturated rings. The van der Waals surface area contributed by atoms with Crippen LogP contribution in [0.1, 0.15) is 26.6 Å². The average molecular weight is 361 g/mol. The summed E-state index contributed by atoms with van der Waals surface area (Å²) in [6.45, 7) is 8.15. The number of benzene rings is 1. The van der Waals surface area contributed by atoms with Crippen LogP contribution in [0, 0.1) is 12.9 Å². The van der Waals surface area contributed by atoms with Gasteiger partial charge in [-0.15, -0.1) is 0 Å². The van der Waals surface area contributed by atoms with Crippen molar-refractivity contribution in [1.82, 2.24) is 24.5 Å². The van der Waals surface area contributed by atoms with Crippen LogP contribution < -0.4 is 0 Å². The van der Waals surface area contributed by atoms with Gasteiger partial charge in [0, 0.05) is 23.5 Å². The normalized spacial score (nSPS) is 11.9. The lowest BCUT2D eigenvalue weighted by Gasteiger charge is -2.24. The van der Waals surface area contributed by atoms with Crippen molar-refractivity contribution in [3.8, 4) is 22.6 Å². The summed E-state index contributed by atoms with van der Waals surface area (Å²) in [7, 11) is 0. The third-order valence-corrected chi connectivity index (χ3v) is 4.38. The molecule has 0 bridgehead atoms. The van der Waals surface area contributed by atoms with Gasteiger partial charge in [-0.1, -0.05) is 12.1 Å². The number of aryl methyl sites for hydroxylation is 1. The van der Waals surface area contributed by atoms with Crippen LogP contribution in [0.2, 0.25) is 0 Å². The Kier molecular flexibility index (Phi) is 3.98. The number of hydrogen-bond acceptors (Lipinski definition) is 4. The van der Waals surface area contributed by atoms with E-state index in [1.54, 1.807) is 24.5 Å². The summed E-state index contributed by atoms with van der Waals surface area (Å²) in [6.07, 6.45) is 3.61. The number of halogens is 1. The maximum Gasteiger partial charge on any atom is 0.213 e. The standard InChI is InChI=1S/C21H20FN5/c1-13-23-11-15(12-24-13)14-8-9-18-17(10-14)26-20(27(18)21(2,3)4)16-6-5-7-19(22)25-16/h5-12H,1-4H3. The van der Waals surface area contributed by atoms with Crippen LogP contribution in [0.4, 0.5) is 4.39 Å². The Bertz CT molecular complexity index is 1120. The van der Waals surface area contributed by atoms with Crippen molar-refractivity contribution in [2.75, 3.05) is 0 Å². The Labute approximate surface area is 157 Å². The van der Waals surface area contributed by atoms with Crippen molar-refractivity contribution in [3.63, 3.8) is 0 Å².